The number of aromatic nitrogens is 1. The van der Waals surface area contributed by atoms with Crippen LogP contribution in [0.3, 0.4) is 0 Å². The van der Waals surface area contributed by atoms with Crippen molar-refractivity contribution in [1.82, 2.24) is 11.1 Å². The maximum absolute atomic E-state index is 10.2. The number of nitro groups is 1. The summed E-state index contributed by atoms with van der Waals surface area (Å²) in [6.45, 7) is 1.66. The van der Waals surface area contributed by atoms with Crippen LogP contribution in [0.4, 0.5) is 5.69 Å². The first-order valence-corrected chi connectivity index (χ1v) is 2.77. The van der Waals surface area contributed by atoms with Crippen LogP contribution in [0.1, 0.15) is 5.56 Å². The first-order chi connectivity index (χ1) is 4.72. The zero-order valence-electron chi connectivity index (χ0n) is 6.15. The molecule has 0 fully saturated rings. The molecule has 0 aliphatic carbocycles. The molecule has 0 spiro atoms. The van der Waals surface area contributed by atoms with Crippen LogP contribution < -0.4 is 6.15 Å². The van der Waals surface area contributed by atoms with Gasteiger partial charge >= 0.3 is 0 Å². The molecule has 0 atom stereocenters. The molecule has 1 aromatic heterocycles. The molecule has 1 aromatic rings. The number of nitrogens with zero attached hydrogens (tertiary/aromatic N) is 2. The molecule has 0 aromatic carbocycles. The average Bonchev–Trinajstić information content (AvgIpc) is 1.88. The predicted octanol–water partition coefficient (Wildman–Crippen LogP) is 1.46. The number of hydrogen-bond acceptors (Lipinski definition) is 4. The highest BCUT2D eigenvalue weighted by Crippen LogP contribution is 2.13. The number of aryl methyl sites for hydroxylation is 1. The SMILES string of the molecule is Cc1cnccc1[N+](=O)[O-].N. The van der Waals surface area contributed by atoms with Gasteiger partial charge in [-0.05, 0) is 6.92 Å². The lowest BCUT2D eigenvalue weighted by Gasteiger charge is -1.91. The Morgan fingerprint density at radius 2 is 2.27 bits per heavy atom. The third-order valence-electron chi connectivity index (χ3n) is 1.19. The van der Waals surface area contributed by atoms with Crippen molar-refractivity contribution in [3.63, 3.8) is 0 Å². The number of hydrogen-bond donors (Lipinski definition) is 1. The second kappa shape index (κ2) is 3.62. The highest BCUT2D eigenvalue weighted by atomic mass is 16.6. The first-order valence-electron chi connectivity index (χ1n) is 2.77. The molecule has 60 valence electrons. The normalized spacial score (nSPS) is 8.45. The third-order valence-corrected chi connectivity index (χ3v) is 1.19. The Balaban J connectivity index is 0.000001000. The van der Waals surface area contributed by atoms with Crippen LogP contribution in [-0.2, 0) is 0 Å². The maximum Gasteiger partial charge on any atom is 0.275 e. The maximum atomic E-state index is 10.2. The van der Waals surface area contributed by atoms with Gasteiger partial charge < -0.3 is 6.15 Å². The Hall–Kier alpha value is -1.49. The highest BCUT2D eigenvalue weighted by Gasteiger charge is 2.06. The first kappa shape index (κ1) is 9.51. The largest absolute Gasteiger partial charge is 0.344 e. The summed E-state index contributed by atoms with van der Waals surface area (Å²) in [6, 6.07) is 1.38. The predicted molar refractivity (Wildman–Crippen MR) is 40.7 cm³/mol. The molecule has 0 saturated heterocycles. The molecule has 0 saturated carbocycles. The van der Waals surface area contributed by atoms with Crippen LogP contribution in [0.5, 0.6) is 0 Å². The van der Waals surface area contributed by atoms with Crippen LogP contribution in [-0.4, -0.2) is 9.91 Å². The van der Waals surface area contributed by atoms with Gasteiger partial charge in [0, 0.05) is 24.0 Å². The molecule has 0 unspecified atom stereocenters. The summed E-state index contributed by atoms with van der Waals surface area (Å²) in [5.41, 5.74) is 0.711. The van der Waals surface area contributed by atoms with Crippen molar-refractivity contribution in [3.05, 3.63) is 34.1 Å². The molecular formula is C6H9N3O2. The molecule has 0 aliphatic rings. The van der Waals surface area contributed by atoms with Crippen LogP contribution in [0.15, 0.2) is 18.5 Å². The number of rotatable bonds is 1. The van der Waals surface area contributed by atoms with Gasteiger partial charge in [0.15, 0.2) is 0 Å². The summed E-state index contributed by atoms with van der Waals surface area (Å²) in [7, 11) is 0. The second-order valence-electron chi connectivity index (χ2n) is 1.92. The summed E-state index contributed by atoms with van der Waals surface area (Å²) in [5.74, 6) is 0. The van der Waals surface area contributed by atoms with Gasteiger partial charge in [-0.1, -0.05) is 0 Å². The van der Waals surface area contributed by atoms with Crippen LogP contribution in [0.2, 0.25) is 0 Å². The Morgan fingerprint density at radius 1 is 1.64 bits per heavy atom. The van der Waals surface area contributed by atoms with Crippen molar-refractivity contribution in [2.75, 3.05) is 0 Å². The van der Waals surface area contributed by atoms with Crippen LogP contribution >= 0.6 is 0 Å². The summed E-state index contributed by atoms with van der Waals surface area (Å²) in [5, 5.41) is 10.2. The molecule has 0 radical (unpaired) electrons. The summed E-state index contributed by atoms with van der Waals surface area (Å²) < 4.78 is 0. The average molecular weight is 155 g/mol. The quantitative estimate of drug-likeness (QED) is 0.490. The lowest BCUT2D eigenvalue weighted by atomic mass is 10.3. The molecule has 0 bridgehead atoms. The van der Waals surface area contributed by atoms with Gasteiger partial charge in [-0.25, -0.2) is 0 Å². The summed E-state index contributed by atoms with van der Waals surface area (Å²) in [6.07, 6.45) is 2.88. The van der Waals surface area contributed by atoms with Crippen molar-refractivity contribution in [2.45, 2.75) is 6.92 Å². The van der Waals surface area contributed by atoms with Gasteiger partial charge in [-0.15, -0.1) is 0 Å². The third kappa shape index (κ3) is 1.98. The molecule has 1 rings (SSSR count). The summed E-state index contributed by atoms with van der Waals surface area (Å²) >= 11 is 0. The Bertz CT molecular complexity index is 262. The molecule has 0 aliphatic heterocycles. The topological polar surface area (TPSA) is 91.0 Å². The van der Waals surface area contributed by atoms with Gasteiger partial charge in [-0.2, -0.15) is 0 Å². The molecule has 11 heavy (non-hydrogen) atoms. The van der Waals surface area contributed by atoms with Crippen LogP contribution in [0, 0.1) is 17.0 Å². The van der Waals surface area contributed by atoms with Crippen molar-refractivity contribution < 1.29 is 4.92 Å². The van der Waals surface area contributed by atoms with E-state index in [0.717, 1.165) is 0 Å². The van der Waals surface area contributed by atoms with Crippen molar-refractivity contribution >= 4 is 5.69 Å². The monoisotopic (exact) mass is 155 g/mol. The van der Waals surface area contributed by atoms with Crippen molar-refractivity contribution in [1.29, 1.82) is 0 Å². The minimum Gasteiger partial charge on any atom is -0.344 e. The van der Waals surface area contributed by atoms with Crippen molar-refractivity contribution in [2.24, 2.45) is 0 Å². The van der Waals surface area contributed by atoms with E-state index in [0.29, 0.717) is 5.56 Å². The lowest BCUT2D eigenvalue weighted by molar-refractivity contribution is -0.385. The molecule has 0 amide bonds. The minimum absolute atomic E-state index is 0. The lowest BCUT2D eigenvalue weighted by Crippen LogP contribution is -1.90. The van der Waals surface area contributed by atoms with Gasteiger partial charge in [0.25, 0.3) is 5.69 Å². The molecule has 3 N–H and O–H groups in total. The van der Waals surface area contributed by atoms with Gasteiger partial charge in [0.1, 0.15) is 0 Å². The fraction of sp³-hybridized carbons (Fsp3) is 0.167. The summed E-state index contributed by atoms with van der Waals surface area (Å²) in [4.78, 5) is 13.5. The molecule has 5 nitrogen and oxygen atoms in total. The Labute approximate surface area is 63.8 Å². The van der Waals surface area contributed by atoms with Gasteiger partial charge in [0.2, 0.25) is 0 Å². The fourth-order valence-electron chi connectivity index (χ4n) is 0.671. The van der Waals surface area contributed by atoms with E-state index in [9.17, 15) is 10.1 Å². The molecular weight excluding hydrogens is 146 g/mol. The van der Waals surface area contributed by atoms with E-state index in [-0.39, 0.29) is 11.8 Å². The van der Waals surface area contributed by atoms with Crippen LogP contribution in [0.25, 0.3) is 0 Å². The highest BCUT2D eigenvalue weighted by molar-refractivity contribution is 5.35. The zero-order chi connectivity index (χ0) is 7.56. The molecule has 5 heteroatoms. The van der Waals surface area contributed by atoms with Crippen molar-refractivity contribution in [3.8, 4) is 0 Å². The van der Waals surface area contributed by atoms with E-state index in [4.69, 9.17) is 0 Å². The smallest absolute Gasteiger partial charge is 0.275 e. The Kier molecular flexibility index (Phi) is 3.13. The second-order valence-corrected chi connectivity index (χ2v) is 1.92. The zero-order valence-corrected chi connectivity index (χ0v) is 6.15. The van der Waals surface area contributed by atoms with Gasteiger partial charge in [0.05, 0.1) is 4.92 Å². The van der Waals surface area contributed by atoms with Gasteiger partial charge in [-0.3, -0.25) is 15.1 Å². The van der Waals surface area contributed by atoms with E-state index in [2.05, 4.69) is 4.98 Å². The van der Waals surface area contributed by atoms with E-state index in [1.54, 1.807) is 6.92 Å². The standard InChI is InChI=1S/C6H6N2O2.H3N/c1-5-4-7-3-2-6(5)8(9)10;/h2-4H,1H3;1H3. The Morgan fingerprint density at radius 3 is 2.64 bits per heavy atom. The van der Waals surface area contributed by atoms with E-state index >= 15 is 0 Å². The molecule has 1 heterocycles. The van der Waals surface area contributed by atoms with E-state index in [1.165, 1.54) is 18.5 Å². The minimum atomic E-state index is -0.420. The van der Waals surface area contributed by atoms with E-state index < -0.39 is 4.92 Å². The fourth-order valence-corrected chi connectivity index (χ4v) is 0.671. The number of pyridine rings is 1. The van der Waals surface area contributed by atoms with E-state index in [1.807, 2.05) is 0 Å².